The first-order chi connectivity index (χ1) is 9.70. The van der Waals surface area contributed by atoms with Gasteiger partial charge in [-0.3, -0.25) is 0 Å². The molecular weight excluding hydrogens is 272 g/mol. The summed E-state index contributed by atoms with van der Waals surface area (Å²) in [5.74, 6) is 1.34. The van der Waals surface area contributed by atoms with Crippen LogP contribution in [0, 0.1) is 5.92 Å². The van der Waals surface area contributed by atoms with Crippen molar-refractivity contribution < 1.29 is 4.74 Å². The fourth-order valence-electron chi connectivity index (χ4n) is 2.84. The Labute approximate surface area is 126 Å². The molecule has 1 N–H and O–H groups in total. The third kappa shape index (κ3) is 3.86. The van der Waals surface area contributed by atoms with E-state index in [0.717, 1.165) is 30.9 Å². The third-order valence-electron chi connectivity index (χ3n) is 4.20. The Kier molecular flexibility index (Phi) is 4.47. The summed E-state index contributed by atoms with van der Waals surface area (Å²) in [4.78, 5) is 4.40. The van der Waals surface area contributed by atoms with E-state index in [9.17, 15) is 0 Å². The molecule has 1 aromatic heterocycles. The summed E-state index contributed by atoms with van der Waals surface area (Å²) in [6.07, 6.45) is 9.53. The van der Waals surface area contributed by atoms with E-state index in [1.54, 1.807) is 0 Å². The molecule has 2 aliphatic carbocycles. The molecule has 3 rings (SSSR count). The summed E-state index contributed by atoms with van der Waals surface area (Å²) in [7, 11) is 0. The van der Waals surface area contributed by atoms with Crippen molar-refractivity contribution in [3.05, 3.63) is 22.8 Å². The van der Waals surface area contributed by atoms with E-state index in [-0.39, 0.29) is 6.10 Å². The lowest BCUT2D eigenvalue weighted by atomic mass is 9.89. The number of aromatic nitrogens is 1. The molecule has 3 nitrogen and oxygen atoms in total. The fourth-order valence-corrected chi connectivity index (χ4v) is 3.07. The van der Waals surface area contributed by atoms with Crippen LogP contribution in [0.5, 0.6) is 5.88 Å². The van der Waals surface area contributed by atoms with Crippen LogP contribution in [0.4, 0.5) is 0 Å². The SMILES string of the molecule is CC1CCCC(Oc2ncc(CNC3CC3)cc2Cl)C1. The van der Waals surface area contributed by atoms with Gasteiger partial charge in [-0.1, -0.05) is 24.9 Å². The molecule has 2 aliphatic rings. The maximum absolute atomic E-state index is 6.30. The van der Waals surface area contributed by atoms with Crippen LogP contribution in [-0.4, -0.2) is 17.1 Å². The van der Waals surface area contributed by atoms with Gasteiger partial charge in [0.1, 0.15) is 11.1 Å². The lowest BCUT2D eigenvalue weighted by Gasteiger charge is -2.27. The molecule has 110 valence electrons. The standard InChI is InChI=1S/C16H23ClN2O/c1-11-3-2-4-14(7-11)20-16-15(17)8-12(10-19-16)9-18-13-5-6-13/h8,10-11,13-14,18H,2-7,9H2,1H3. The van der Waals surface area contributed by atoms with Crippen molar-refractivity contribution in [2.24, 2.45) is 5.92 Å². The molecule has 20 heavy (non-hydrogen) atoms. The normalized spacial score (nSPS) is 26.5. The van der Waals surface area contributed by atoms with Gasteiger partial charge in [0.2, 0.25) is 5.88 Å². The van der Waals surface area contributed by atoms with Crippen LogP contribution in [0.15, 0.2) is 12.3 Å². The van der Waals surface area contributed by atoms with Crippen molar-refractivity contribution in [2.75, 3.05) is 0 Å². The zero-order chi connectivity index (χ0) is 13.9. The van der Waals surface area contributed by atoms with E-state index in [1.165, 1.54) is 25.7 Å². The number of halogens is 1. The predicted octanol–water partition coefficient (Wildman–Crippen LogP) is 3.94. The average Bonchev–Trinajstić information content (AvgIpc) is 3.23. The zero-order valence-corrected chi connectivity index (χ0v) is 12.8. The number of rotatable bonds is 5. The number of pyridine rings is 1. The quantitative estimate of drug-likeness (QED) is 0.893. The molecule has 1 heterocycles. The van der Waals surface area contributed by atoms with Crippen LogP contribution in [0.1, 0.15) is 51.0 Å². The summed E-state index contributed by atoms with van der Waals surface area (Å²) in [6, 6.07) is 2.68. The van der Waals surface area contributed by atoms with Gasteiger partial charge >= 0.3 is 0 Å². The van der Waals surface area contributed by atoms with Gasteiger partial charge < -0.3 is 10.1 Å². The predicted molar refractivity (Wildman–Crippen MR) is 81.2 cm³/mol. The first-order valence-corrected chi connectivity index (χ1v) is 8.13. The van der Waals surface area contributed by atoms with Crippen molar-refractivity contribution in [1.29, 1.82) is 0 Å². The second-order valence-electron chi connectivity index (χ2n) is 6.30. The summed E-state index contributed by atoms with van der Waals surface area (Å²) in [6.45, 7) is 3.13. The third-order valence-corrected chi connectivity index (χ3v) is 4.47. The minimum atomic E-state index is 0.277. The van der Waals surface area contributed by atoms with Gasteiger partial charge in [0.05, 0.1) is 0 Å². The number of ether oxygens (including phenoxy) is 1. The molecule has 2 atom stereocenters. The van der Waals surface area contributed by atoms with Gasteiger partial charge in [-0.2, -0.15) is 0 Å². The highest BCUT2D eigenvalue weighted by Crippen LogP contribution is 2.30. The van der Waals surface area contributed by atoms with E-state index in [1.807, 2.05) is 12.3 Å². The van der Waals surface area contributed by atoms with Crippen molar-refractivity contribution in [1.82, 2.24) is 10.3 Å². The summed E-state index contributed by atoms with van der Waals surface area (Å²) >= 11 is 6.30. The monoisotopic (exact) mass is 294 g/mol. The molecule has 0 radical (unpaired) electrons. The first-order valence-electron chi connectivity index (χ1n) is 7.75. The van der Waals surface area contributed by atoms with Crippen LogP contribution in [0.25, 0.3) is 0 Å². The molecule has 0 saturated heterocycles. The van der Waals surface area contributed by atoms with E-state index in [4.69, 9.17) is 16.3 Å². The van der Waals surface area contributed by atoms with Crippen LogP contribution in [-0.2, 0) is 6.54 Å². The fraction of sp³-hybridized carbons (Fsp3) is 0.688. The summed E-state index contributed by atoms with van der Waals surface area (Å²) < 4.78 is 5.99. The molecular formula is C16H23ClN2O. The smallest absolute Gasteiger partial charge is 0.232 e. The Morgan fingerprint density at radius 2 is 2.20 bits per heavy atom. The molecule has 0 amide bonds. The minimum Gasteiger partial charge on any atom is -0.473 e. The second kappa shape index (κ2) is 6.31. The molecule has 2 unspecified atom stereocenters. The molecule has 0 bridgehead atoms. The Bertz CT molecular complexity index is 462. The van der Waals surface area contributed by atoms with Crippen LogP contribution in [0.2, 0.25) is 5.02 Å². The Morgan fingerprint density at radius 1 is 1.35 bits per heavy atom. The minimum absolute atomic E-state index is 0.277. The molecule has 0 spiro atoms. The molecule has 0 aliphatic heterocycles. The van der Waals surface area contributed by atoms with Gasteiger partial charge in [0.25, 0.3) is 0 Å². The van der Waals surface area contributed by atoms with E-state index >= 15 is 0 Å². The highest BCUT2D eigenvalue weighted by molar-refractivity contribution is 6.31. The Morgan fingerprint density at radius 3 is 2.90 bits per heavy atom. The Hall–Kier alpha value is -0.800. The maximum Gasteiger partial charge on any atom is 0.232 e. The second-order valence-corrected chi connectivity index (χ2v) is 6.70. The average molecular weight is 295 g/mol. The van der Waals surface area contributed by atoms with Gasteiger partial charge in [0.15, 0.2) is 0 Å². The van der Waals surface area contributed by atoms with Gasteiger partial charge in [0, 0.05) is 18.8 Å². The van der Waals surface area contributed by atoms with Gasteiger partial charge in [-0.15, -0.1) is 0 Å². The summed E-state index contributed by atoms with van der Waals surface area (Å²) in [5.41, 5.74) is 1.13. The molecule has 2 fully saturated rings. The van der Waals surface area contributed by atoms with E-state index in [0.29, 0.717) is 16.9 Å². The lowest BCUT2D eigenvalue weighted by Crippen LogP contribution is -2.24. The lowest BCUT2D eigenvalue weighted by molar-refractivity contribution is 0.124. The summed E-state index contributed by atoms with van der Waals surface area (Å²) in [5, 5.41) is 4.10. The number of nitrogens with one attached hydrogen (secondary N) is 1. The van der Waals surface area contributed by atoms with Gasteiger partial charge in [-0.05, 0) is 49.7 Å². The molecule has 1 aromatic rings. The molecule has 0 aromatic carbocycles. The van der Waals surface area contributed by atoms with Crippen LogP contribution >= 0.6 is 11.6 Å². The molecule has 4 heteroatoms. The van der Waals surface area contributed by atoms with E-state index < -0.39 is 0 Å². The van der Waals surface area contributed by atoms with Crippen molar-refractivity contribution >= 4 is 11.6 Å². The topological polar surface area (TPSA) is 34.1 Å². The van der Waals surface area contributed by atoms with Gasteiger partial charge in [-0.25, -0.2) is 4.98 Å². The van der Waals surface area contributed by atoms with Crippen molar-refractivity contribution in [3.63, 3.8) is 0 Å². The Balaban J connectivity index is 1.58. The van der Waals surface area contributed by atoms with Crippen LogP contribution < -0.4 is 10.1 Å². The first kappa shape index (κ1) is 14.2. The van der Waals surface area contributed by atoms with Crippen molar-refractivity contribution in [3.8, 4) is 5.88 Å². The largest absolute Gasteiger partial charge is 0.473 e. The highest BCUT2D eigenvalue weighted by Gasteiger charge is 2.22. The number of nitrogens with zero attached hydrogens (tertiary/aromatic N) is 1. The molecule has 2 saturated carbocycles. The van der Waals surface area contributed by atoms with E-state index in [2.05, 4.69) is 17.2 Å². The number of hydrogen-bond acceptors (Lipinski definition) is 3. The number of hydrogen-bond donors (Lipinski definition) is 1. The zero-order valence-electron chi connectivity index (χ0n) is 12.1. The highest BCUT2D eigenvalue weighted by atomic mass is 35.5. The maximum atomic E-state index is 6.30. The van der Waals surface area contributed by atoms with Crippen LogP contribution in [0.3, 0.4) is 0 Å². The van der Waals surface area contributed by atoms with Crippen molar-refractivity contribution in [2.45, 2.75) is 64.1 Å².